The van der Waals surface area contributed by atoms with Crippen LogP contribution in [0.1, 0.15) is 16.8 Å². The van der Waals surface area contributed by atoms with E-state index in [1.54, 1.807) is 6.20 Å². The minimum atomic E-state index is 0.659. The van der Waals surface area contributed by atoms with E-state index in [9.17, 15) is 0 Å². The molecule has 5 nitrogen and oxygen atoms in total. The molecule has 0 saturated heterocycles. The van der Waals surface area contributed by atoms with Crippen molar-refractivity contribution in [3.8, 4) is 0 Å². The lowest BCUT2D eigenvalue weighted by Gasteiger charge is -2.25. The van der Waals surface area contributed by atoms with Gasteiger partial charge in [-0.1, -0.05) is 6.07 Å². The Kier molecular flexibility index (Phi) is 3.93. The van der Waals surface area contributed by atoms with Crippen molar-refractivity contribution >= 4 is 21.7 Å². The molecule has 104 valence electrons. The molecule has 3 heterocycles. The van der Waals surface area contributed by atoms with E-state index >= 15 is 0 Å². The zero-order valence-corrected chi connectivity index (χ0v) is 12.9. The lowest BCUT2D eigenvalue weighted by atomic mass is 10.1. The molecule has 20 heavy (non-hydrogen) atoms. The molecule has 1 aliphatic heterocycles. The van der Waals surface area contributed by atoms with Gasteiger partial charge in [0.15, 0.2) is 4.73 Å². The Hall–Kier alpha value is -1.53. The van der Waals surface area contributed by atoms with Crippen molar-refractivity contribution in [1.82, 2.24) is 20.3 Å². The lowest BCUT2D eigenvalue weighted by Crippen LogP contribution is -2.29. The highest BCUT2D eigenvalue weighted by Crippen LogP contribution is 2.25. The first-order chi connectivity index (χ1) is 9.74. The normalized spacial score (nSPS) is 13.9. The summed E-state index contributed by atoms with van der Waals surface area (Å²) >= 11 is 3.41. The van der Waals surface area contributed by atoms with Gasteiger partial charge in [0.05, 0.1) is 5.69 Å². The van der Waals surface area contributed by atoms with Gasteiger partial charge < -0.3 is 10.2 Å². The third-order valence-corrected chi connectivity index (χ3v) is 3.74. The first-order valence-electron chi connectivity index (χ1n) is 6.60. The molecule has 1 N–H and O–H groups in total. The summed E-state index contributed by atoms with van der Waals surface area (Å²) in [5.41, 5.74) is 3.51. The van der Waals surface area contributed by atoms with Gasteiger partial charge in [-0.15, -0.1) is 0 Å². The van der Waals surface area contributed by atoms with E-state index in [-0.39, 0.29) is 0 Å². The number of anilines is 1. The molecule has 0 bridgehead atoms. The second-order valence-corrected chi connectivity index (χ2v) is 5.59. The number of fused-ring (bicyclic) bond motifs is 1. The molecule has 0 amide bonds. The lowest BCUT2D eigenvalue weighted by molar-refractivity contribution is 0.620. The van der Waals surface area contributed by atoms with E-state index in [2.05, 4.69) is 54.2 Å². The predicted octanol–water partition coefficient (Wildman–Crippen LogP) is 1.92. The average Bonchev–Trinajstić information content (AvgIpc) is 2.47. The Morgan fingerprint density at radius 2 is 2.30 bits per heavy atom. The van der Waals surface area contributed by atoms with Gasteiger partial charge in [-0.05, 0) is 27.6 Å². The van der Waals surface area contributed by atoms with Crippen LogP contribution in [0, 0.1) is 0 Å². The number of hydrogen-bond acceptors (Lipinski definition) is 5. The number of hydrogen-bond donors (Lipinski definition) is 1. The minimum Gasteiger partial charge on any atom is -0.355 e. The largest absolute Gasteiger partial charge is 0.355 e. The SMILES string of the molecule is CN(Cc1cccnc1)c1nc(Br)nc2c1CNCC2. The Labute approximate surface area is 126 Å². The molecule has 0 aromatic carbocycles. The van der Waals surface area contributed by atoms with Gasteiger partial charge in [-0.3, -0.25) is 4.98 Å². The summed E-state index contributed by atoms with van der Waals surface area (Å²) < 4.78 is 0.659. The Morgan fingerprint density at radius 1 is 1.40 bits per heavy atom. The molecule has 0 saturated carbocycles. The fourth-order valence-corrected chi connectivity index (χ4v) is 2.83. The Bertz CT molecular complexity index is 602. The summed E-state index contributed by atoms with van der Waals surface area (Å²) in [7, 11) is 2.05. The van der Waals surface area contributed by atoms with Crippen LogP contribution in [-0.2, 0) is 19.5 Å². The number of pyridine rings is 1. The standard InChI is InChI=1S/C14H16BrN5/c1-20(9-10-3-2-5-16-7-10)13-11-8-17-6-4-12(11)18-14(15)19-13/h2-3,5,7,17H,4,6,8-9H2,1H3. The van der Waals surface area contributed by atoms with Crippen molar-refractivity contribution in [3.63, 3.8) is 0 Å². The second kappa shape index (κ2) is 5.85. The first-order valence-corrected chi connectivity index (χ1v) is 7.39. The number of nitrogens with one attached hydrogen (secondary N) is 1. The number of aromatic nitrogens is 3. The maximum Gasteiger partial charge on any atom is 0.198 e. The summed E-state index contributed by atoms with van der Waals surface area (Å²) in [4.78, 5) is 15.3. The molecule has 2 aromatic rings. The fraction of sp³-hybridized carbons (Fsp3) is 0.357. The molecule has 0 radical (unpaired) electrons. The van der Waals surface area contributed by atoms with Crippen molar-refractivity contribution < 1.29 is 0 Å². The van der Waals surface area contributed by atoms with Crippen LogP contribution in [0.3, 0.4) is 0 Å². The summed E-state index contributed by atoms with van der Waals surface area (Å²) in [6.45, 7) is 2.58. The zero-order chi connectivity index (χ0) is 13.9. The zero-order valence-electron chi connectivity index (χ0n) is 11.3. The van der Waals surface area contributed by atoms with Gasteiger partial charge in [0.1, 0.15) is 5.82 Å². The highest BCUT2D eigenvalue weighted by atomic mass is 79.9. The van der Waals surface area contributed by atoms with Crippen LogP contribution in [-0.4, -0.2) is 28.5 Å². The van der Waals surface area contributed by atoms with Crippen molar-refractivity contribution in [1.29, 1.82) is 0 Å². The molecule has 0 unspecified atom stereocenters. The van der Waals surface area contributed by atoms with Gasteiger partial charge in [0, 0.05) is 51.1 Å². The molecule has 6 heteroatoms. The van der Waals surface area contributed by atoms with E-state index in [1.807, 2.05) is 12.3 Å². The monoisotopic (exact) mass is 333 g/mol. The van der Waals surface area contributed by atoms with Crippen LogP contribution in [0.2, 0.25) is 0 Å². The molecule has 0 aliphatic carbocycles. The average molecular weight is 334 g/mol. The Balaban J connectivity index is 1.91. The van der Waals surface area contributed by atoms with Crippen molar-refractivity contribution in [3.05, 3.63) is 46.1 Å². The van der Waals surface area contributed by atoms with Crippen LogP contribution in [0.4, 0.5) is 5.82 Å². The first kappa shape index (κ1) is 13.5. The minimum absolute atomic E-state index is 0.659. The maximum absolute atomic E-state index is 4.55. The third kappa shape index (κ3) is 2.81. The van der Waals surface area contributed by atoms with Crippen LogP contribution in [0.15, 0.2) is 29.3 Å². The molecular weight excluding hydrogens is 318 g/mol. The van der Waals surface area contributed by atoms with Crippen LogP contribution in [0.5, 0.6) is 0 Å². The summed E-state index contributed by atoms with van der Waals surface area (Å²) in [6, 6.07) is 4.03. The molecule has 0 atom stereocenters. The third-order valence-electron chi connectivity index (χ3n) is 3.39. The van der Waals surface area contributed by atoms with E-state index in [0.717, 1.165) is 37.6 Å². The molecule has 0 fully saturated rings. The summed E-state index contributed by atoms with van der Waals surface area (Å²) in [5, 5.41) is 3.39. The highest BCUT2D eigenvalue weighted by molar-refractivity contribution is 9.10. The maximum atomic E-state index is 4.55. The van der Waals surface area contributed by atoms with Gasteiger partial charge >= 0.3 is 0 Å². The molecule has 0 spiro atoms. The summed E-state index contributed by atoms with van der Waals surface area (Å²) in [6.07, 6.45) is 4.62. The second-order valence-electron chi connectivity index (χ2n) is 4.89. The van der Waals surface area contributed by atoms with Gasteiger partial charge in [-0.2, -0.15) is 0 Å². The van der Waals surface area contributed by atoms with Crippen LogP contribution < -0.4 is 10.2 Å². The van der Waals surface area contributed by atoms with Crippen LogP contribution >= 0.6 is 15.9 Å². The predicted molar refractivity (Wildman–Crippen MR) is 81.5 cm³/mol. The summed E-state index contributed by atoms with van der Waals surface area (Å²) in [5.74, 6) is 0.984. The fourth-order valence-electron chi connectivity index (χ4n) is 2.45. The smallest absolute Gasteiger partial charge is 0.198 e. The van der Waals surface area contributed by atoms with Crippen LogP contribution in [0.25, 0.3) is 0 Å². The van der Waals surface area contributed by atoms with E-state index in [1.165, 1.54) is 11.1 Å². The van der Waals surface area contributed by atoms with Crippen molar-refractivity contribution in [2.24, 2.45) is 0 Å². The van der Waals surface area contributed by atoms with E-state index < -0.39 is 0 Å². The Morgan fingerprint density at radius 3 is 3.10 bits per heavy atom. The van der Waals surface area contributed by atoms with Gasteiger partial charge in [0.25, 0.3) is 0 Å². The molecular formula is C14H16BrN5. The topological polar surface area (TPSA) is 53.9 Å². The van der Waals surface area contributed by atoms with Gasteiger partial charge in [-0.25, -0.2) is 9.97 Å². The van der Waals surface area contributed by atoms with E-state index in [0.29, 0.717) is 4.73 Å². The van der Waals surface area contributed by atoms with Crippen molar-refractivity contribution in [2.45, 2.75) is 19.5 Å². The van der Waals surface area contributed by atoms with Crippen molar-refractivity contribution in [2.75, 3.05) is 18.5 Å². The number of halogens is 1. The highest BCUT2D eigenvalue weighted by Gasteiger charge is 2.19. The number of nitrogens with zero attached hydrogens (tertiary/aromatic N) is 4. The van der Waals surface area contributed by atoms with E-state index in [4.69, 9.17) is 0 Å². The molecule has 1 aliphatic rings. The molecule has 3 rings (SSSR count). The molecule has 2 aromatic heterocycles. The number of rotatable bonds is 3. The van der Waals surface area contributed by atoms with Gasteiger partial charge in [0.2, 0.25) is 0 Å². The quantitative estimate of drug-likeness (QED) is 0.869.